The summed E-state index contributed by atoms with van der Waals surface area (Å²) in [5.41, 5.74) is 1.29. The Balaban J connectivity index is 3.92. The summed E-state index contributed by atoms with van der Waals surface area (Å²) in [5, 5.41) is 8.61. The fraction of sp³-hybridized carbons (Fsp3) is 0.571. The van der Waals surface area contributed by atoms with Gasteiger partial charge in [-0.1, -0.05) is 25.2 Å². The number of carbonyl (C=O) groups is 1. The first-order chi connectivity index (χ1) is 7.99. The molecule has 2 atom stereocenters. The highest BCUT2D eigenvalue weighted by Crippen LogP contribution is 2.13. The van der Waals surface area contributed by atoms with Gasteiger partial charge in [-0.25, -0.2) is 0 Å². The molecule has 2 unspecified atom stereocenters. The summed E-state index contributed by atoms with van der Waals surface area (Å²) in [6.07, 6.45) is 4.93. The Labute approximate surface area is 104 Å². The van der Waals surface area contributed by atoms with Crippen molar-refractivity contribution >= 4 is 5.97 Å². The number of nitrogens with zero attached hydrogens (tertiary/aromatic N) is 1. The molecule has 0 N–H and O–H groups in total. The van der Waals surface area contributed by atoms with Gasteiger partial charge in [0.15, 0.2) is 0 Å². The Morgan fingerprint density at radius 2 is 2.18 bits per heavy atom. The van der Waals surface area contributed by atoms with Gasteiger partial charge >= 0.3 is 5.97 Å². The van der Waals surface area contributed by atoms with Crippen molar-refractivity contribution in [1.82, 2.24) is 0 Å². The molecular weight excluding hydrogens is 214 g/mol. The average molecular weight is 235 g/mol. The van der Waals surface area contributed by atoms with Crippen molar-refractivity contribution in [2.45, 2.75) is 46.1 Å². The molecule has 0 spiro atoms. The van der Waals surface area contributed by atoms with Crippen LogP contribution in [-0.2, 0) is 9.53 Å². The van der Waals surface area contributed by atoms with Crippen LogP contribution in [0.2, 0.25) is 0 Å². The van der Waals surface area contributed by atoms with Crippen molar-refractivity contribution in [3.8, 4) is 6.07 Å². The van der Waals surface area contributed by atoms with E-state index in [-0.39, 0.29) is 11.9 Å². The van der Waals surface area contributed by atoms with Crippen LogP contribution < -0.4 is 0 Å². The lowest BCUT2D eigenvalue weighted by Gasteiger charge is -2.11. The Kier molecular flexibility index (Phi) is 7.79. The lowest BCUT2D eigenvalue weighted by Crippen LogP contribution is -2.16. The molecule has 17 heavy (non-hydrogen) atoms. The number of rotatable bonds is 7. The van der Waals surface area contributed by atoms with Gasteiger partial charge in [-0.2, -0.15) is 5.26 Å². The number of hydrogen-bond donors (Lipinski definition) is 0. The van der Waals surface area contributed by atoms with E-state index in [0.29, 0.717) is 6.42 Å². The van der Waals surface area contributed by atoms with E-state index in [1.807, 2.05) is 13.0 Å². The molecular formula is C14H21NO2. The maximum Gasteiger partial charge on any atom is 0.307 e. The first kappa shape index (κ1) is 15.4. The van der Waals surface area contributed by atoms with Crippen LogP contribution in [0.4, 0.5) is 0 Å². The number of nitriles is 1. The topological polar surface area (TPSA) is 50.1 Å². The van der Waals surface area contributed by atoms with Gasteiger partial charge in [-0.15, -0.1) is 0 Å². The van der Waals surface area contributed by atoms with E-state index in [9.17, 15) is 4.79 Å². The second kappa shape index (κ2) is 8.58. The van der Waals surface area contributed by atoms with E-state index >= 15 is 0 Å². The largest absolute Gasteiger partial charge is 0.443 e. The minimum atomic E-state index is -0.826. The van der Waals surface area contributed by atoms with Crippen LogP contribution in [0.15, 0.2) is 24.3 Å². The van der Waals surface area contributed by atoms with E-state index in [4.69, 9.17) is 10.00 Å². The van der Waals surface area contributed by atoms with Gasteiger partial charge in [0.25, 0.3) is 0 Å². The molecule has 3 heteroatoms. The molecule has 0 aromatic heterocycles. The van der Waals surface area contributed by atoms with Crippen LogP contribution in [0.5, 0.6) is 0 Å². The minimum absolute atomic E-state index is 0.266. The van der Waals surface area contributed by atoms with Crippen LogP contribution in [0.3, 0.4) is 0 Å². The van der Waals surface area contributed by atoms with Crippen molar-refractivity contribution < 1.29 is 9.53 Å². The molecule has 0 aromatic carbocycles. The van der Waals surface area contributed by atoms with Crippen LogP contribution in [0.25, 0.3) is 0 Å². The zero-order chi connectivity index (χ0) is 13.3. The number of ether oxygens (including phenoxy) is 1. The molecule has 0 rings (SSSR count). The van der Waals surface area contributed by atoms with Crippen molar-refractivity contribution in [1.29, 1.82) is 5.26 Å². The molecule has 0 aliphatic carbocycles. The quantitative estimate of drug-likeness (QED) is 0.502. The number of esters is 1. The summed E-state index contributed by atoms with van der Waals surface area (Å²) < 4.78 is 4.91. The molecule has 0 aliphatic heterocycles. The number of hydrogen-bond acceptors (Lipinski definition) is 3. The Morgan fingerprint density at radius 1 is 1.53 bits per heavy atom. The Bertz CT molecular complexity index is 322. The third kappa shape index (κ3) is 8.27. The van der Waals surface area contributed by atoms with E-state index in [2.05, 4.69) is 26.5 Å². The molecule has 3 nitrogen and oxygen atoms in total. The SMILES string of the molecule is C=CC(C#N)OC(=O)CC(C)CCC=C(C)C. The fourth-order valence-electron chi connectivity index (χ4n) is 1.36. The van der Waals surface area contributed by atoms with Crippen LogP contribution in [-0.4, -0.2) is 12.1 Å². The summed E-state index contributed by atoms with van der Waals surface area (Å²) in [5.74, 6) is -0.0663. The monoisotopic (exact) mass is 235 g/mol. The first-order valence-electron chi connectivity index (χ1n) is 5.84. The molecule has 0 fully saturated rings. The van der Waals surface area contributed by atoms with Crippen molar-refractivity contribution in [2.24, 2.45) is 5.92 Å². The summed E-state index contributed by atoms with van der Waals surface area (Å²) in [4.78, 5) is 11.4. The summed E-state index contributed by atoms with van der Waals surface area (Å²) in [6, 6.07) is 1.84. The van der Waals surface area contributed by atoms with Gasteiger partial charge in [-0.05, 0) is 38.7 Å². The second-order valence-electron chi connectivity index (χ2n) is 4.44. The standard InChI is InChI=1S/C14H21NO2/c1-5-13(10-15)17-14(16)9-12(4)8-6-7-11(2)3/h5,7,12-13H,1,6,8-9H2,2-4H3. The molecule has 0 radical (unpaired) electrons. The Hall–Kier alpha value is -1.56. The first-order valence-corrected chi connectivity index (χ1v) is 5.84. The fourth-order valence-corrected chi connectivity index (χ4v) is 1.36. The lowest BCUT2D eigenvalue weighted by molar-refractivity contribution is -0.145. The highest BCUT2D eigenvalue weighted by Gasteiger charge is 2.13. The zero-order valence-corrected chi connectivity index (χ0v) is 10.9. The predicted molar refractivity (Wildman–Crippen MR) is 68.1 cm³/mol. The van der Waals surface area contributed by atoms with Gasteiger partial charge in [0.2, 0.25) is 6.10 Å². The normalized spacial score (nSPS) is 13.1. The van der Waals surface area contributed by atoms with E-state index in [0.717, 1.165) is 12.8 Å². The van der Waals surface area contributed by atoms with Gasteiger partial charge in [0.1, 0.15) is 6.07 Å². The maximum atomic E-state index is 11.4. The summed E-state index contributed by atoms with van der Waals surface area (Å²) in [6.45, 7) is 9.55. The lowest BCUT2D eigenvalue weighted by atomic mass is 10.0. The van der Waals surface area contributed by atoms with E-state index < -0.39 is 6.10 Å². The molecule has 0 saturated heterocycles. The number of carbonyl (C=O) groups excluding carboxylic acids is 1. The average Bonchev–Trinajstić information content (AvgIpc) is 2.25. The van der Waals surface area contributed by atoms with Gasteiger partial charge < -0.3 is 4.74 Å². The third-order valence-corrected chi connectivity index (χ3v) is 2.33. The maximum absolute atomic E-state index is 11.4. The summed E-state index contributed by atoms with van der Waals surface area (Å²) >= 11 is 0. The van der Waals surface area contributed by atoms with E-state index in [1.54, 1.807) is 0 Å². The van der Waals surface area contributed by atoms with Crippen molar-refractivity contribution in [3.05, 3.63) is 24.3 Å². The highest BCUT2D eigenvalue weighted by atomic mass is 16.5. The van der Waals surface area contributed by atoms with Crippen molar-refractivity contribution in [3.63, 3.8) is 0 Å². The molecule has 0 saturated carbocycles. The third-order valence-electron chi connectivity index (χ3n) is 2.33. The van der Waals surface area contributed by atoms with E-state index in [1.165, 1.54) is 11.6 Å². The number of allylic oxidation sites excluding steroid dienone is 2. The van der Waals surface area contributed by atoms with Crippen molar-refractivity contribution in [2.75, 3.05) is 0 Å². The minimum Gasteiger partial charge on any atom is -0.443 e. The summed E-state index contributed by atoms with van der Waals surface area (Å²) in [7, 11) is 0. The highest BCUT2D eigenvalue weighted by molar-refractivity contribution is 5.70. The second-order valence-corrected chi connectivity index (χ2v) is 4.44. The molecule has 0 aromatic rings. The van der Waals surface area contributed by atoms with Crippen LogP contribution in [0, 0.1) is 17.2 Å². The molecule has 0 bridgehead atoms. The Morgan fingerprint density at radius 3 is 2.65 bits per heavy atom. The zero-order valence-electron chi connectivity index (χ0n) is 10.9. The van der Waals surface area contributed by atoms with Gasteiger partial charge in [-0.3, -0.25) is 4.79 Å². The van der Waals surface area contributed by atoms with Gasteiger partial charge in [0.05, 0.1) is 0 Å². The van der Waals surface area contributed by atoms with Crippen LogP contribution >= 0.6 is 0 Å². The molecule has 94 valence electrons. The predicted octanol–water partition coefficient (Wildman–Crippen LogP) is 3.38. The van der Waals surface area contributed by atoms with Crippen LogP contribution in [0.1, 0.15) is 40.0 Å². The smallest absolute Gasteiger partial charge is 0.307 e. The molecule has 0 heterocycles. The molecule has 0 aliphatic rings. The molecule has 0 amide bonds. The van der Waals surface area contributed by atoms with Gasteiger partial charge in [0, 0.05) is 6.42 Å².